The number of carbonyl (C=O) groups excluding carboxylic acids is 1. The fourth-order valence-electron chi connectivity index (χ4n) is 3.23. The number of aromatic nitrogens is 2. The van der Waals surface area contributed by atoms with Crippen molar-refractivity contribution in [2.45, 2.75) is 43.4 Å². The van der Waals surface area contributed by atoms with Gasteiger partial charge in [-0.1, -0.05) is 30.8 Å². The highest BCUT2D eigenvalue weighted by atomic mass is 32.2. The van der Waals surface area contributed by atoms with Crippen LogP contribution < -0.4 is 4.74 Å². The summed E-state index contributed by atoms with van der Waals surface area (Å²) >= 11 is 3.32. The molecule has 4 rings (SSSR count). The molecule has 4 aromatic rings. The molecule has 142 valence electrons. The van der Waals surface area contributed by atoms with Gasteiger partial charge in [0.25, 0.3) is 0 Å². The third kappa shape index (κ3) is 3.50. The fourth-order valence-corrected chi connectivity index (χ4v) is 5.36. The van der Waals surface area contributed by atoms with Crippen molar-refractivity contribution in [2.75, 3.05) is 0 Å². The van der Waals surface area contributed by atoms with Gasteiger partial charge in [-0.3, -0.25) is 9.78 Å². The number of fused-ring (bicyclic) bond motifs is 2. The van der Waals surface area contributed by atoms with Crippen LogP contribution in [-0.4, -0.2) is 15.9 Å². The third-order valence-corrected chi connectivity index (χ3v) is 6.88. The molecule has 0 fully saturated rings. The van der Waals surface area contributed by atoms with E-state index in [0.29, 0.717) is 5.75 Å². The van der Waals surface area contributed by atoms with Crippen molar-refractivity contribution >= 4 is 50.2 Å². The van der Waals surface area contributed by atoms with Gasteiger partial charge in [-0.2, -0.15) is 0 Å². The molecule has 0 spiro atoms. The number of ether oxygens (including phenoxy) is 1. The summed E-state index contributed by atoms with van der Waals surface area (Å²) in [5.41, 5.74) is 4.87. The van der Waals surface area contributed by atoms with Crippen LogP contribution in [0.4, 0.5) is 0 Å². The van der Waals surface area contributed by atoms with E-state index < -0.39 is 0 Å². The molecule has 0 unspecified atom stereocenters. The first-order chi connectivity index (χ1) is 13.5. The van der Waals surface area contributed by atoms with Gasteiger partial charge in [0, 0.05) is 28.5 Å². The molecule has 2 aromatic carbocycles. The van der Waals surface area contributed by atoms with Gasteiger partial charge in [0.1, 0.15) is 5.75 Å². The number of esters is 1. The molecule has 2 aromatic heterocycles. The lowest BCUT2D eigenvalue weighted by Crippen LogP contribution is -2.06. The number of para-hydroxylation sites is 1. The van der Waals surface area contributed by atoms with Crippen molar-refractivity contribution in [3.05, 3.63) is 53.2 Å². The van der Waals surface area contributed by atoms with Crippen LogP contribution in [-0.2, 0) is 11.2 Å². The molecule has 0 radical (unpaired) electrons. The lowest BCUT2D eigenvalue weighted by molar-refractivity contribution is -0.131. The van der Waals surface area contributed by atoms with E-state index in [1.54, 1.807) is 23.1 Å². The zero-order chi connectivity index (χ0) is 19.8. The van der Waals surface area contributed by atoms with E-state index in [9.17, 15) is 4.79 Å². The summed E-state index contributed by atoms with van der Waals surface area (Å²) in [7, 11) is 0. The van der Waals surface area contributed by atoms with Gasteiger partial charge >= 0.3 is 5.97 Å². The quantitative estimate of drug-likeness (QED) is 0.382. The first-order valence-corrected chi connectivity index (χ1v) is 10.7. The Labute approximate surface area is 172 Å². The number of nitrogens with zero attached hydrogens (tertiary/aromatic N) is 2. The highest BCUT2D eigenvalue weighted by molar-refractivity contribution is 8.01. The Hall–Kier alpha value is -2.44. The number of hydrogen-bond acceptors (Lipinski definition) is 6. The molecule has 0 N–H and O–H groups in total. The molecule has 4 nitrogen and oxygen atoms in total. The summed E-state index contributed by atoms with van der Waals surface area (Å²) < 4.78 is 7.76. The summed E-state index contributed by atoms with van der Waals surface area (Å²) in [6.07, 6.45) is 0.789. The average Bonchev–Trinajstić information content (AvgIpc) is 3.07. The molecule has 0 saturated carbocycles. The summed E-state index contributed by atoms with van der Waals surface area (Å²) in [5.74, 6) is 0.291. The predicted octanol–water partition coefficient (Wildman–Crippen LogP) is 6.10. The second-order valence-electron chi connectivity index (χ2n) is 6.64. The monoisotopic (exact) mass is 408 g/mol. The Bertz CT molecular complexity index is 1180. The lowest BCUT2D eigenvalue weighted by Gasteiger charge is -2.15. The molecule has 0 amide bonds. The van der Waals surface area contributed by atoms with Gasteiger partial charge in [-0.05, 0) is 50.1 Å². The van der Waals surface area contributed by atoms with E-state index in [2.05, 4.69) is 32.0 Å². The maximum absolute atomic E-state index is 11.7. The maximum atomic E-state index is 11.7. The number of benzene rings is 2. The third-order valence-electron chi connectivity index (χ3n) is 4.62. The van der Waals surface area contributed by atoms with Crippen molar-refractivity contribution in [3.8, 4) is 5.75 Å². The topological polar surface area (TPSA) is 52.1 Å². The highest BCUT2D eigenvalue weighted by Crippen LogP contribution is 2.40. The molecule has 0 aliphatic carbocycles. The summed E-state index contributed by atoms with van der Waals surface area (Å²) in [4.78, 5) is 22.3. The van der Waals surface area contributed by atoms with E-state index in [4.69, 9.17) is 14.7 Å². The Morgan fingerprint density at radius 1 is 1.14 bits per heavy atom. The normalized spacial score (nSPS) is 11.3. The SMILES string of the molecule is CCc1nc2cc(C)c(Sc3nc4ccccc4s3)cc2c(OC(C)=O)c1C. The Morgan fingerprint density at radius 3 is 2.64 bits per heavy atom. The van der Waals surface area contributed by atoms with E-state index in [1.165, 1.54) is 11.6 Å². The number of hydrogen-bond donors (Lipinski definition) is 0. The fraction of sp³-hybridized carbons (Fsp3) is 0.227. The number of carbonyl (C=O) groups is 1. The standard InChI is InChI=1S/C22H20N2O2S2/c1-5-16-13(3)21(26-14(4)25)15-11-20(12(2)10-18(15)23-16)28-22-24-17-8-6-7-9-19(17)27-22/h6-11H,5H2,1-4H3. The molecule has 0 atom stereocenters. The minimum Gasteiger partial charge on any atom is -0.426 e. The number of thiazole rings is 1. The molecule has 28 heavy (non-hydrogen) atoms. The van der Waals surface area contributed by atoms with E-state index in [1.807, 2.05) is 25.1 Å². The minimum atomic E-state index is -0.321. The van der Waals surface area contributed by atoms with Crippen LogP contribution in [0.1, 0.15) is 30.7 Å². The highest BCUT2D eigenvalue weighted by Gasteiger charge is 2.17. The molecule has 6 heteroatoms. The average molecular weight is 409 g/mol. The van der Waals surface area contributed by atoms with Crippen LogP contribution in [0.5, 0.6) is 5.75 Å². The van der Waals surface area contributed by atoms with Crippen LogP contribution in [0.15, 0.2) is 45.6 Å². The van der Waals surface area contributed by atoms with Crippen molar-refractivity contribution < 1.29 is 9.53 Å². The molecular weight excluding hydrogens is 388 g/mol. The summed E-state index contributed by atoms with van der Waals surface area (Å²) in [6.45, 7) is 7.53. The second-order valence-corrected chi connectivity index (χ2v) is 8.96. The van der Waals surface area contributed by atoms with Crippen molar-refractivity contribution in [2.24, 2.45) is 0 Å². The molecule has 0 aliphatic heterocycles. The van der Waals surface area contributed by atoms with Gasteiger partial charge in [-0.25, -0.2) is 4.98 Å². The first-order valence-electron chi connectivity index (χ1n) is 9.12. The smallest absolute Gasteiger partial charge is 0.308 e. The van der Waals surface area contributed by atoms with Gasteiger partial charge in [-0.15, -0.1) is 11.3 Å². The number of rotatable bonds is 4. The zero-order valence-electron chi connectivity index (χ0n) is 16.2. The largest absolute Gasteiger partial charge is 0.426 e. The van der Waals surface area contributed by atoms with Crippen molar-refractivity contribution in [1.29, 1.82) is 0 Å². The number of pyridine rings is 1. The summed E-state index contributed by atoms with van der Waals surface area (Å²) in [5, 5.41) is 0.860. The Kier molecular flexibility index (Phi) is 5.08. The van der Waals surface area contributed by atoms with Gasteiger partial charge in [0.05, 0.1) is 15.7 Å². The molecular formula is C22H20N2O2S2. The van der Waals surface area contributed by atoms with Gasteiger partial charge in [0.15, 0.2) is 4.34 Å². The maximum Gasteiger partial charge on any atom is 0.308 e. The molecule has 0 bridgehead atoms. The van der Waals surface area contributed by atoms with Crippen LogP contribution in [0.25, 0.3) is 21.1 Å². The molecule has 0 aliphatic rings. The van der Waals surface area contributed by atoms with Crippen molar-refractivity contribution in [3.63, 3.8) is 0 Å². The van der Waals surface area contributed by atoms with Crippen molar-refractivity contribution in [1.82, 2.24) is 9.97 Å². The van der Waals surface area contributed by atoms with Crippen LogP contribution in [0.2, 0.25) is 0 Å². The molecule has 2 heterocycles. The summed E-state index contributed by atoms with van der Waals surface area (Å²) in [6, 6.07) is 12.3. The van der Waals surface area contributed by atoms with E-state index in [-0.39, 0.29) is 5.97 Å². The van der Waals surface area contributed by atoms with E-state index in [0.717, 1.165) is 48.9 Å². The van der Waals surface area contributed by atoms with Gasteiger partial charge in [0.2, 0.25) is 0 Å². The van der Waals surface area contributed by atoms with Crippen LogP contribution in [0, 0.1) is 13.8 Å². The van der Waals surface area contributed by atoms with Gasteiger partial charge < -0.3 is 4.74 Å². The Balaban J connectivity index is 1.84. The lowest BCUT2D eigenvalue weighted by atomic mass is 10.1. The zero-order valence-corrected chi connectivity index (χ0v) is 17.8. The number of aryl methyl sites for hydroxylation is 2. The second kappa shape index (κ2) is 7.53. The van der Waals surface area contributed by atoms with Crippen LogP contribution >= 0.6 is 23.1 Å². The van der Waals surface area contributed by atoms with E-state index >= 15 is 0 Å². The minimum absolute atomic E-state index is 0.321. The predicted molar refractivity (Wildman–Crippen MR) is 116 cm³/mol. The molecule has 0 saturated heterocycles. The first kappa shape index (κ1) is 18.9. The van der Waals surface area contributed by atoms with Crippen LogP contribution in [0.3, 0.4) is 0 Å². The Morgan fingerprint density at radius 2 is 1.93 bits per heavy atom.